The molecule has 0 bridgehead atoms. The van der Waals surface area contributed by atoms with Crippen LogP contribution in [0.4, 0.5) is 0 Å². The van der Waals surface area contributed by atoms with Gasteiger partial charge in [-0.25, -0.2) is 9.97 Å². The Labute approximate surface area is 86.3 Å². The zero-order valence-corrected chi connectivity index (χ0v) is 7.87. The Morgan fingerprint density at radius 2 is 2.07 bits per heavy atom. The van der Waals surface area contributed by atoms with Gasteiger partial charge in [0.2, 0.25) is 0 Å². The maximum atomic E-state index is 11.7. The number of ketones is 1. The lowest BCUT2D eigenvalue weighted by Gasteiger charge is -1.98. The lowest BCUT2D eigenvalue weighted by atomic mass is 10.2. The first-order valence-corrected chi connectivity index (χ1v) is 4.40. The van der Waals surface area contributed by atoms with E-state index in [2.05, 4.69) is 19.9 Å². The smallest absolute Gasteiger partial charge is 0.187 e. The van der Waals surface area contributed by atoms with Crippen molar-refractivity contribution in [2.24, 2.45) is 0 Å². The quantitative estimate of drug-likeness (QED) is 0.682. The fraction of sp³-hybridized carbons (Fsp3) is 0.100. The highest BCUT2D eigenvalue weighted by Crippen LogP contribution is 2.00. The van der Waals surface area contributed by atoms with E-state index in [0.717, 1.165) is 0 Å². The maximum Gasteiger partial charge on any atom is 0.187 e. The Kier molecular flexibility index (Phi) is 2.73. The summed E-state index contributed by atoms with van der Waals surface area (Å²) < 4.78 is 0. The monoisotopic (exact) mass is 200 g/mol. The fourth-order valence-corrected chi connectivity index (χ4v) is 1.13. The fourth-order valence-electron chi connectivity index (χ4n) is 1.13. The van der Waals surface area contributed by atoms with Crippen molar-refractivity contribution in [1.82, 2.24) is 19.9 Å². The first-order chi connectivity index (χ1) is 7.36. The Morgan fingerprint density at radius 1 is 1.13 bits per heavy atom. The van der Waals surface area contributed by atoms with Gasteiger partial charge in [-0.15, -0.1) is 0 Å². The molecule has 0 saturated heterocycles. The van der Waals surface area contributed by atoms with Crippen molar-refractivity contribution in [3.8, 4) is 0 Å². The molecule has 0 fully saturated rings. The third-order valence-electron chi connectivity index (χ3n) is 1.83. The molecule has 74 valence electrons. The molecule has 5 nitrogen and oxygen atoms in total. The Balaban J connectivity index is 2.12. The number of rotatable bonds is 3. The van der Waals surface area contributed by atoms with Gasteiger partial charge in [0.15, 0.2) is 5.78 Å². The van der Waals surface area contributed by atoms with Crippen LogP contribution < -0.4 is 0 Å². The van der Waals surface area contributed by atoms with E-state index in [1.165, 1.54) is 12.5 Å². The topological polar surface area (TPSA) is 68.6 Å². The van der Waals surface area contributed by atoms with E-state index in [0.29, 0.717) is 11.4 Å². The second-order valence-electron chi connectivity index (χ2n) is 2.89. The number of carbonyl (C=O) groups is 1. The Morgan fingerprint density at radius 3 is 2.73 bits per heavy atom. The normalized spacial score (nSPS) is 9.87. The minimum Gasteiger partial charge on any atom is -0.292 e. The van der Waals surface area contributed by atoms with Crippen LogP contribution in [0.5, 0.6) is 0 Å². The first kappa shape index (κ1) is 9.39. The van der Waals surface area contributed by atoms with Gasteiger partial charge in [-0.1, -0.05) is 0 Å². The average molecular weight is 200 g/mol. The third kappa shape index (κ3) is 2.40. The number of hydrogen-bond donors (Lipinski definition) is 0. The molecule has 2 aromatic heterocycles. The number of aromatic nitrogens is 4. The number of Topliss-reactive ketones (excluding diaryl/α,β-unsaturated/α-hetero) is 1. The molecule has 0 N–H and O–H groups in total. The summed E-state index contributed by atoms with van der Waals surface area (Å²) in [5.41, 5.74) is 1.04. The zero-order chi connectivity index (χ0) is 10.5. The van der Waals surface area contributed by atoms with E-state index >= 15 is 0 Å². The molecule has 0 aromatic carbocycles. The van der Waals surface area contributed by atoms with Crippen LogP contribution in [0.25, 0.3) is 0 Å². The first-order valence-electron chi connectivity index (χ1n) is 4.40. The van der Waals surface area contributed by atoms with Crippen molar-refractivity contribution in [3.05, 3.63) is 48.6 Å². The van der Waals surface area contributed by atoms with Gasteiger partial charge in [0, 0.05) is 24.8 Å². The molecule has 2 aromatic rings. The van der Waals surface area contributed by atoms with E-state index in [1.54, 1.807) is 24.7 Å². The van der Waals surface area contributed by atoms with Crippen molar-refractivity contribution in [1.29, 1.82) is 0 Å². The van der Waals surface area contributed by atoms with Crippen LogP contribution >= 0.6 is 0 Å². The van der Waals surface area contributed by atoms with Gasteiger partial charge in [0.25, 0.3) is 0 Å². The molecular formula is C10H8N4O. The molecule has 15 heavy (non-hydrogen) atoms. The van der Waals surface area contributed by atoms with Crippen LogP contribution in [0, 0.1) is 0 Å². The highest BCUT2D eigenvalue weighted by molar-refractivity contribution is 5.95. The van der Waals surface area contributed by atoms with Gasteiger partial charge in [0.1, 0.15) is 12.0 Å². The standard InChI is InChI=1S/C10H8N4O/c15-10(9-1-2-12-7-14-9)5-8-6-11-3-4-13-8/h1-4,6-7H,5H2. The van der Waals surface area contributed by atoms with E-state index in [4.69, 9.17) is 0 Å². The molecule has 0 atom stereocenters. The summed E-state index contributed by atoms with van der Waals surface area (Å²) >= 11 is 0. The van der Waals surface area contributed by atoms with Gasteiger partial charge in [0.05, 0.1) is 12.1 Å². The minimum absolute atomic E-state index is 0.0853. The van der Waals surface area contributed by atoms with E-state index < -0.39 is 0 Å². The molecule has 0 radical (unpaired) electrons. The highest BCUT2D eigenvalue weighted by Gasteiger charge is 2.08. The average Bonchev–Trinajstić information content (AvgIpc) is 2.31. The summed E-state index contributed by atoms with van der Waals surface area (Å²) in [4.78, 5) is 27.2. The lowest BCUT2D eigenvalue weighted by molar-refractivity contribution is 0.0987. The van der Waals surface area contributed by atoms with Gasteiger partial charge in [-0.3, -0.25) is 14.8 Å². The van der Waals surface area contributed by atoms with E-state index in [9.17, 15) is 4.79 Å². The van der Waals surface area contributed by atoms with Gasteiger partial charge in [-0.05, 0) is 6.07 Å². The molecule has 0 aliphatic rings. The van der Waals surface area contributed by atoms with Crippen molar-refractivity contribution >= 4 is 5.78 Å². The van der Waals surface area contributed by atoms with Crippen LogP contribution in [0.1, 0.15) is 16.2 Å². The number of carbonyl (C=O) groups excluding carboxylic acids is 1. The molecule has 0 spiro atoms. The van der Waals surface area contributed by atoms with E-state index in [-0.39, 0.29) is 12.2 Å². The maximum absolute atomic E-state index is 11.7. The predicted molar refractivity (Wildman–Crippen MR) is 52.1 cm³/mol. The number of nitrogens with zero attached hydrogens (tertiary/aromatic N) is 4. The molecular weight excluding hydrogens is 192 g/mol. The molecule has 0 saturated carbocycles. The number of hydrogen-bond acceptors (Lipinski definition) is 5. The summed E-state index contributed by atoms with van der Waals surface area (Å²) in [7, 11) is 0. The summed E-state index contributed by atoms with van der Waals surface area (Å²) in [6, 6.07) is 1.58. The second-order valence-corrected chi connectivity index (χ2v) is 2.89. The molecule has 0 unspecified atom stereocenters. The molecule has 2 heterocycles. The zero-order valence-electron chi connectivity index (χ0n) is 7.87. The van der Waals surface area contributed by atoms with Gasteiger partial charge >= 0.3 is 0 Å². The third-order valence-corrected chi connectivity index (χ3v) is 1.83. The van der Waals surface area contributed by atoms with Gasteiger partial charge < -0.3 is 0 Å². The molecule has 0 aliphatic heterocycles. The van der Waals surface area contributed by atoms with Crippen molar-refractivity contribution in [2.75, 3.05) is 0 Å². The van der Waals surface area contributed by atoms with Crippen LogP contribution in [0.3, 0.4) is 0 Å². The van der Waals surface area contributed by atoms with Crippen LogP contribution in [-0.4, -0.2) is 25.7 Å². The Hall–Kier alpha value is -2.17. The molecule has 5 heteroatoms. The second kappa shape index (κ2) is 4.36. The molecule has 0 amide bonds. The van der Waals surface area contributed by atoms with Crippen molar-refractivity contribution < 1.29 is 4.79 Å². The SMILES string of the molecule is O=C(Cc1cnccn1)c1ccncn1. The van der Waals surface area contributed by atoms with E-state index in [1.807, 2.05) is 0 Å². The van der Waals surface area contributed by atoms with Crippen LogP contribution in [0.2, 0.25) is 0 Å². The predicted octanol–water partition coefficient (Wildman–Crippen LogP) is 0.692. The summed E-state index contributed by atoms with van der Waals surface area (Å²) in [5.74, 6) is -0.0853. The highest BCUT2D eigenvalue weighted by atomic mass is 16.1. The van der Waals surface area contributed by atoms with Crippen LogP contribution in [-0.2, 0) is 6.42 Å². The largest absolute Gasteiger partial charge is 0.292 e. The molecule has 0 aliphatic carbocycles. The lowest BCUT2D eigenvalue weighted by Crippen LogP contribution is -2.07. The van der Waals surface area contributed by atoms with Gasteiger partial charge in [-0.2, -0.15) is 0 Å². The summed E-state index contributed by atoms with van der Waals surface area (Å²) in [6.07, 6.45) is 7.80. The Bertz CT molecular complexity index is 443. The van der Waals surface area contributed by atoms with Crippen LogP contribution in [0.15, 0.2) is 37.2 Å². The summed E-state index contributed by atoms with van der Waals surface area (Å²) in [6.45, 7) is 0. The van der Waals surface area contributed by atoms with Crippen molar-refractivity contribution in [3.63, 3.8) is 0 Å². The molecule has 2 rings (SSSR count). The minimum atomic E-state index is -0.0853. The summed E-state index contributed by atoms with van der Waals surface area (Å²) in [5, 5.41) is 0. The van der Waals surface area contributed by atoms with Crippen molar-refractivity contribution in [2.45, 2.75) is 6.42 Å².